The van der Waals surface area contributed by atoms with E-state index in [9.17, 15) is 19.2 Å². The van der Waals surface area contributed by atoms with Crippen molar-refractivity contribution < 1.29 is 39.6 Å². The highest BCUT2D eigenvalue weighted by Crippen LogP contribution is 2.16. The SMILES string of the molecule is O=C(O)C[C@@H](C(=O)O)N1CCN=C(C(=O)O)[C@H]1C(=O)O. The summed E-state index contributed by atoms with van der Waals surface area (Å²) >= 11 is 0. The van der Waals surface area contributed by atoms with E-state index >= 15 is 0 Å². The molecule has 10 heteroatoms. The van der Waals surface area contributed by atoms with Crippen LogP contribution in [-0.4, -0.2) is 80.1 Å². The minimum atomic E-state index is -1.79. The summed E-state index contributed by atoms with van der Waals surface area (Å²) in [6, 6.07) is -3.43. The van der Waals surface area contributed by atoms with E-state index in [-0.39, 0.29) is 13.1 Å². The van der Waals surface area contributed by atoms with Crippen LogP contribution in [0.1, 0.15) is 6.42 Å². The molecule has 1 aliphatic rings. The predicted octanol–water partition coefficient (Wildman–Crippen LogP) is -1.79. The van der Waals surface area contributed by atoms with E-state index in [0.29, 0.717) is 0 Å². The molecule has 0 saturated carbocycles. The zero-order valence-electron chi connectivity index (χ0n) is 10.1. The Morgan fingerprint density at radius 2 is 1.80 bits per heavy atom. The molecule has 0 aliphatic carbocycles. The van der Waals surface area contributed by atoms with Gasteiger partial charge >= 0.3 is 23.9 Å². The number of carboxylic acids is 4. The Balaban J connectivity index is 3.16. The Morgan fingerprint density at radius 1 is 1.20 bits per heavy atom. The van der Waals surface area contributed by atoms with Gasteiger partial charge in [0.05, 0.1) is 13.0 Å². The molecule has 10 nitrogen and oxygen atoms in total. The first-order chi connectivity index (χ1) is 9.25. The molecule has 0 radical (unpaired) electrons. The molecule has 0 bridgehead atoms. The van der Waals surface area contributed by atoms with E-state index < -0.39 is 48.1 Å². The topological polar surface area (TPSA) is 165 Å². The summed E-state index contributed by atoms with van der Waals surface area (Å²) in [6.45, 7) is -0.271. The maximum atomic E-state index is 11.2. The first-order valence-electron chi connectivity index (χ1n) is 5.46. The van der Waals surface area contributed by atoms with Crippen LogP contribution in [0.4, 0.5) is 0 Å². The second-order valence-electron chi connectivity index (χ2n) is 4.00. The van der Waals surface area contributed by atoms with E-state index in [1.807, 2.05) is 0 Å². The highest BCUT2D eigenvalue weighted by Gasteiger charge is 2.43. The molecule has 2 atom stereocenters. The quantitative estimate of drug-likeness (QED) is 0.441. The summed E-state index contributed by atoms with van der Waals surface area (Å²) in [5.74, 6) is -6.14. The molecule has 1 rings (SSSR count). The highest BCUT2D eigenvalue weighted by atomic mass is 16.4. The summed E-state index contributed by atoms with van der Waals surface area (Å²) in [5.41, 5.74) is -0.708. The van der Waals surface area contributed by atoms with Gasteiger partial charge < -0.3 is 20.4 Å². The van der Waals surface area contributed by atoms with Crippen molar-refractivity contribution in [2.45, 2.75) is 18.5 Å². The molecule has 110 valence electrons. The zero-order valence-corrected chi connectivity index (χ0v) is 10.1. The molecule has 20 heavy (non-hydrogen) atoms. The van der Waals surface area contributed by atoms with Gasteiger partial charge in [0.2, 0.25) is 0 Å². The molecule has 0 spiro atoms. The number of hydrogen-bond acceptors (Lipinski definition) is 6. The van der Waals surface area contributed by atoms with Gasteiger partial charge in [-0.05, 0) is 0 Å². The minimum Gasteiger partial charge on any atom is -0.481 e. The van der Waals surface area contributed by atoms with Gasteiger partial charge in [0, 0.05) is 6.54 Å². The number of rotatable bonds is 6. The Labute approximate surface area is 111 Å². The largest absolute Gasteiger partial charge is 0.481 e. The maximum absolute atomic E-state index is 11.2. The van der Waals surface area contributed by atoms with Gasteiger partial charge in [0.25, 0.3) is 0 Å². The summed E-state index contributed by atoms with van der Waals surface area (Å²) in [4.78, 5) is 48.2. The number of carbonyl (C=O) groups is 4. The van der Waals surface area contributed by atoms with Gasteiger partial charge in [-0.15, -0.1) is 0 Å². The average Bonchev–Trinajstić information content (AvgIpc) is 2.34. The van der Waals surface area contributed by atoms with Crippen molar-refractivity contribution in [3.05, 3.63) is 0 Å². The van der Waals surface area contributed by atoms with Crippen LogP contribution in [0, 0.1) is 0 Å². The smallest absolute Gasteiger partial charge is 0.352 e. The molecule has 0 aromatic rings. The first-order valence-corrected chi connectivity index (χ1v) is 5.46. The van der Waals surface area contributed by atoms with Crippen LogP contribution in [0.2, 0.25) is 0 Å². The molecule has 0 saturated heterocycles. The van der Waals surface area contributed by atoms with Crippen molar-refractivity contribution >= 4 is 29.6 Å². The van der Waals surface area contributed by atoms with E-state index in [1.54, 1.807) is 0 Å². The lowest BCUT2D eigenvalue weighted by Crippen LogP contribution is -2.59. The predicted molar refractivity (Wildman–Crippen MR) is 61.7 cm³/mol. The van der Waals surface area contributed by atoms with Crippen molar-refractivity contribution in [2.75, 3.05) is 13.1 Å². The van der Waals surface area contributed by atoms with E-state index in [0.717, 1.165) is 4.90 Å². The average molecular weight is 288 g/mol. The lowest BCUT2D eigenvalue weighted by Gasteiger charge is -2.34. The Morgan fingerprint density at radius 3 is 2.20 bits per heavy atom. The van der Waals surface area contributed by atoms with Crippen LogP contribution in [0.15, 0.2) is 4.99 Å². The van der Waals surface area contributed by atoms with Gasteiger partial charge in [0.1, 0.15) is 11.8 Å². The van der Waals surface area contributed by atoms with Gasteiger partial charge in [-0.1, -0.05) is 0 Å². The normalized spacial score (nSPS) is 20.8. The minimum absolute atomic E-state index is 0.116. The molecule has 0 aromatic carbocycles. The molecular weight excluding hydrogens is 276 g/mol. The van der Waals surface area contributed by atoms with Crippen LogP contribution in [0.25, 0.3) is 0 Å². The Kier molecular flexibility index (Phi) is 4.75. The fraction of sp³-hybridized carbons (Fsp3) is 0.500. The van der Waals surface area contributed by atoms with Crippen molar-refractivity contribution in [1.82, 2.24) is 4.90 Å². The summed E-state index contributed by atoms with van der Waals surface area (Å²) in [6.07, 6.45) is -0.841. The molecule has 0 unspecified atom stereocenters. The first kappa shape index (κ1) is 15.6. The Hall–Kier alpha value is -2.49. The number of aliphatic carboxylic acids is 4. The second-order valence-corrected chi connectivity index (χ2v) is 4.00. The third-order valence-electron chi connectivity index (χ3n) is 2.74. The van der Waals surface area contributed by atoms with Gasteiger partial charge in [-0.2, -0.15) is 0 Å². The summed E-state index contributed by atoms with van der Waals surface area (Å²) in [7, 11) is 0. The van der Waals surface area contributed by atoms with Crippen LogP contribution >= 0.6 is 0 Å². The molecule has 0 aromatic heterocycles. The van der Waals surface area contributed by atoms with Crippen molar-refractivity contribution in [2.24, 2.45) is 4.99 Å². The summed E-state index contributed by atoms with van der Waals surface area (Å²) < 4.78 is 0. The molecular formula is C10H12N2O8. The van der Waals surface area contributed by atoms with Crippen molar-refractivity contribution in [1.29, 1.82) is 0 Å². The van der Waals surface area contributed by atoms with E-state index in [2.05, 4.69) is 4.99 Å². The van der Waals surface area contributed by atoms with Crippen LogP contribution in [0.3, 0.4) is 0 Å². The molecule has 4 N–H and O–H groups in total. The van der Waals surface area contributed by atoms with Crippen LogP contribution in [-0.2, 0) is 19.2 Å². The van der Waals surface area contributed by atoms with E-state index in [4.69, 9.17) is 20.4 Å². The van der Waals surface area contributed by atoms with Gasteiger partial charge in [0.15, 0.2) is 6.04 Å². The number of aliphatic imine (C=N–C) groups is 1. The molecule has 0 fully saturated rings. The zero-order chi connectivity index (χ0) is 15.4. The molecule has 0 amide bonds. The van der Waals surface area contributed by atoms with E-state index in [1.165, 1.54) is 0 Å². The lowest BCUT2D eigenvalue weighted by molar-refractivity contribution is -0.154. The fourth-order valence-corrected chi connectivity index (χ4v) is 1.95. The summed E-state index contributed by atoms with van der Waals surface area (Å²) in [5, 5.41) is 35.7. The number of nitrogens with zero attached hydrogens (tertiary/aromatic N) is 2. The highest BCUT2D eigenvalue weighted by molar-refractivity contribution is 6.41. The molecule has 1 heterocycles. The number of carboxylic acid groups (broad SMARTS) is 4. The van der Waals surface area contributed by atoms with Crippen molar-refractivity contribution in [3.63, 3.8) is 0 Å². The number of hydrogen-bond donors (Lipinski definition) is 4. The third-order valence-corrected chi connectivity index (χ3v) is 2.74. The third kappa shape index (κ3) is 3.29. The standard InChI is InChI=1S/C10H12N2O8/c13-5(14)3-4(8(15)16)12-2-1-11-6(9(17)18)7(12)10(19)20/h4,7H,1-3H2,(H,13,14)(H,15,16)(H,17,18)(H,19,20)/t4-,7-/m0/s1. The Bertz CT molecular complexity index is 486. The van der Waals surface area contributed by atoms with Crippen LogP contribution < -0.4 is 0 Å². The maximum Gasteiger partial charge on any atom is 0.352 e. The second kappa shape index (κ2) is 6.10. The van der Waals surface area contributed by atoms with Gasteiger partial charge in [-0.3, -0.25) is 24.3 Å². The lowest BCUT2D eigenvalue weighted by atomic mass is 10.0. The monoisotopic (exact) mass is 288 g/mol. The fourth-order valence-electron chi connectivity index (χ4n) is 1.95. The van der Waals surface area contributed by atoms with Gasteiger partial charge in [-0.25, -0.2) is 4.79 Å². The van der Waals surface area contributed by atoms with Crippen LogP contribution in [0.5, 0.6) is 0 Å². The van der Waals surface area contributed by atoms with Crippen molar-refractivity contribution in [3.8, 4) is 0 Å². The molecule has 1 aliphatic heterocycles.